The van der Waals surface area contributed by atoms with E-state index in [-0.39, 0.29) is 34.8 Å². The van der Waals surface area contributed by atoms with Crippen molar-refractivity contribution in [2.45, 2.75) is 19.9 Å². The maximum atomic E-state index is 11.7. The van der Waals surface area contributed by atoms with E-state index in [4.69, 9.17) is 16.7 Å². The van der Waals surface area contributed by atoms with E-state index in [0.29, 0.717) is 0 Å². The molecular weight excluding hydrogens is 298 g/mol. The van der Waals surface area contributed by atoms with Crippen LogP contribution in [0.1, 0.15) is 24.2 Å². The second kappa shape index (κ2) is 7.49. The van der Waals surface area contributed by atoms with Crippen LogP contribution in [0, 0.1) is 0 Å². The number of urea groups is 1. The lowest BCUT2D eigenvalue weighted by Gasteiger charge is -2.11. The fourth-order valence-electron chi connectivity index (χ4n) is 1.51. The Morgan fingerprint density at radius 3 is 2.52 bits per heavy atom. The van der Waals surface area contributed by atoms with E-state index in [1.54, 1.807) is 13.8 Å². The molecule has 0 heterocycles. The van der Waals surface area contributed by atoms with Gasteiger partial charge in [0, 0.05) is 11.1 Å². The smallest absolute Gasteiger partial charge is 0.337 e. The van der Waals surface area contributed by atoms with Gasteiger partial charge in [0.15, 0.2) is 0 Å². The molecule has 1 rings (SSSR count). The van der Waals surface area contributed by atoms with E-state index in [9.17, 15) is 14.4 Å². The zero-order valence-corrected chi connectivity index (χ0v) is 12.3. The van der Waals surface area contributed by atoms with Crippen LogP contribution in [0.25, 0.3) is 0 Å². The Hall–Kier alpha value is -2.28. The molecule has 0 saturated heterocycles. The number of carbonyl (C=O) groups is 3. The molecule has 4 N–H and O–H groups in total. The fraction of sp³-hybridized carbons (Fsp3) is 0.308. The van der Waals surface area contributed by atoms with Crippen molar-refractivity contribution in [1.82, 2.24) is 10.6 Å². The molecule has 0 atom stereocenters. The summed E-state index contributed by atoms with van der Waals surface area (Å²) in [4.78, 5) is 34.0. The van der Waals surface area contributed by atoms with Crippen LogP contribution in [0.4, 0.5) is 10.5 Å². The van der Waals surface area contributed by atoms with Crippen LogP contribution in [0.15, 0.2) is 18.2 Å². The summed E-state index contributed by atoms with van der Waals surface area (Å²) in [5.41, 5.74) is -0.0436. The van der Waals surface area contributed by atoms with Gasteiger partial charge in [-0.3, -0.25) is 4.79 Å². The zero-order chi connectivity index (χ0) is 16.0. The highest BCUT2D eigenvalue weighted by Crippen LogP contribution is 2.21. The highest BCUT2D eigenvalue weighted by Gasteiger charge is 2.13. The Morgan fingerprint density at radius 2 is 1.95 bits per heavy atom. The third kappa shape index (κ3) is 5.70. The molecule has 8 heteroatoms. The molecule has 0 aliphatic rings. The Bertz CT molecular complexity index is 560. The first-order valence-corrected chi connectivity index (χ1v) is 6.54. The van der Waals surface area contributed by atoms with Crippen molar-refractivity contribution in [3.63, 3.8) is 0 Å². The van der Waals surface area contributed by atoms with E-state index in [0.717, 1.165) is 0 Å². The Morgan fingerprint density at radius 1 is 1.29 bits per heavy atom. The van der Waals surface area contributed by atoms with Gasteiger partial charge in [-0.2, -0.15) is 0 Å². The second-order valence-electron chi connectivity index (χ2n) is 4.52. The number of aromatic carboxylic acids is 1. The summed E-state index contributed by atoms with van der Waals surface area (Å²) in [5.74, 6) is -1.54. The van der Waals surface area contributed by atoms with Gasteiger partial charge in [0.25, 0.3) is 0 Å². The molecule has 0 radical (unpaired) electrons. The van der Waals surface area contributed by atoms with Gasteiger partial charge in [0.1, 0.15) is 0 Å². The average Bonchev–Trinajstić information content (AvgIpc) is 2.35. The number of amides is 3. The summed E-state index contributed by atoms with van der Waals surface area (Å²) in [6, 6.07) is 3.28. The lowest BCUT2D eigenvalue weighted by Crippen LogP contribution is -2.41. The van der Waals surface area contributed by atoms with Crippen molar-refractivity contribution in [2.75, 3.05) is 11.9 Å². The minimum atomic E-state index is -1.19. The summed E-state index contributed by atoms with van der Waals surface area (Å²) in [6.45, 7) is 3.37. The molecule has 0 spiro atoms. The average molecular weight is 314 g/mol. The van der Waals surface area contributed by atoms with Crippen molar-refractivity contribution in [3.05, 3.63) is 28.8 Å². The van der Waals surface area contributed by atoms with Crippen molar-refractivity contribution in [1.29, 1.82) is 0 Å². The molecule has 0 bridgehead atoms. The lowest BCUT2D eigenvalue weighted by molar-refractivity contribution is -0.120. The van der Waals surface area contributed by atoms with Gasteiger partial charge in [0.2, 0.25) is 5.91 Å². The number of hydrogen-bond acceptors (Lipinski definition) is 3. The molecule has 21 heavy (non-hydrogen) atoms. The van der Waals surface area contributed by atoms with Crippen LogP contribution < -0.4 is 16.0 Å². The molecule has 0 unspecified atom stereocenters. The van der Waals surface area contributed by atoms with Crippen LogP contribution in [0.5, 0.6) is 0 Å². The third-order valence-corrected chi connectivity index (χ3v) is 2.55. The van der Waals surface area contributed by atoms with Gasteiger partial charge in [-0.1, -0.05) is 11.6 Å². The number of rotatable bonds is 5. The first kappa shape index (κ1) is 16.8. The van der Waals surface area contributed by atoms with Crippen LogP contribution in [-0.2, 0) is 4.79 Å². The largest absolute Gasteiger partial charge is 0.478 e. The van der Waals surface area contributed by atoms with Crippen LogP contribution in [-0.4, -0.2) is 35.6 Å². The number of carbonyl (C=O) groups excluding carboxylic acids is 2. The van der Waals surface area contributed by atoms with E-state index in [1.807, 2.05) is 0 Å². The number of nitrogens with one attached hydrogen (secondary N) is 3. The maximum Gasteiger partial charge on any atom is 0.337 e. The third-order valence-electron chi connectivity index (χ3n) is 2.32. The molecule has 7 nitrogen and oxygen atoms in total. The van der Waals surface area contributed by atoms with Crippen molar-refractivity contribution >= 4 is 35.2 Å². The molecule has 1 aromatic rings. The fourth-order valence-corrected chi connectivity index (χ4v) is 1.68. The minimum absolute atomic E-state index is 0.0334. The molecule has 0 aromatic heterocycles. The first-order chi connectivity index (χ1) is 9.79. The van der Waals surface area contributed by atoms with Gasteiger partial charge < -0.3 is 21.1 Å². The molecule has 0 aliphatic carbocycles. The number of hydrogen-bond donors (Lipinski definition) is 4. The van der Waals surface area contributed by atoms with Crippen molar-refractivity contribution in [3.8, 4) is 0 Å². The second-order valence-corrected chi connectivity index (χ2v) is 4.96. The summed E-state index contributed by atoms with van der Waals surface area (Å²) >= 11 is 5.76. The molecule has 0 aliphatic heterocycles. The van der Waals surface area contributed by atoms with E-state index in [1.165, 1.54) is 18.2 Å². The molecule has 0 fully saturated rings. The van der Waals surface area contributed by atoms with E-state index >= 15 is 0 Å². The highest BCUT2D eigenvalue weighted by atomic mass is 35.5. The molecule has 1 aromatic carbocycles. The molecule has 3 amide bonds. The number of benzene rings is 1. The van der Waals surface area contributed by atoms with Gasteiger partial charge in [0.05, 0.1) is 17.8 Å². The van der Waals surface area contributed by atoms with Gasteiger partial charge in [-0.25, -0.2) is 9.59 Å². The van der Waals surface area contributed by atoms with Crippen LogP contribution in [0.2, 0.25) is 5.02 Å². The Kier molecular flexibility index (Phi) is 5.98. The quantitative estimate of drug-likeness (QED) is 0.663. The Labute approximate surface area is 126 Å². The SMILES string of the molecule is CC(C)NC(=O)CNC(=O)Nc1cc(Cl)ccc1C(=O)O. The van der Waals surface area contributed by atoms with Crippen LogP contribution in [0.3, 0.4) is 0 Å². The standard InChI is InChI=1S/C13H16ClN3O4/c1-7(2)16-11(18)6-15-13(21)17-10-5-8(14)3-4-9(10)12(19)20/h3-5,7H,6H2,1-2H3,(H,16,18)(H,19,20)(H2,15,17,21). The highest BCUT2D eigenvalue weighted by molar-refractivity contribution is 6.31. The Balaban J connectivity index is 2.65. The van der Waals surface area contributed by atoms with E-state index in [2.05, 4.69) is 16.0 Å². The summed E-state index contributed by atoms with van der Waals surface area (Å²) in [5, 5.41) is 16.6. The number of halogens is 1. The van der Waals surface area contributed by atoms with Crippen LogP contribution >= 0.6 is 11.6 Å². The number of anilines is 1. The lowest BCUT2D eigenvalue weighted by atomic mass is 10.2. The van der Waals surface area contributed by atoms with Crippen molar-refractivity contribution < 1.29 is 19.5 Å². The van der Waals surface area contributed by atoms with Gasteiger partial charge >= 0.3 is 12.0 Å². The van der Waals surface area contributed by atoms with Gasteiger partial charge in [-0.15, -0.1) is 0 Å². The number of carboxylic acids is 1. The molecule has 114 valence electrons. The maximum absolute atomic E-state index is 11.7. The van der Waals surface area contributed by atoms with E-state index < -0.39 is 12.0 Å². The molecular formula is C13H16ClN3O4. The summed E-state index contributed by atoms with van der Waals surface area (Å²) in [6.07, 6.45) is 0. The monoisotopic (exact) mass is 313 g/mol. The normalized spacial score (nSPS) is 10.1. The number of carboxylic acid groups (broad SMARTS) is 1. The molecule has 0 saturated carbocycles. The minimum Gasteiger partial charge on any atom is -0.478 e. The predicted molar refractivity (Wildman–Crippen MR) is 78.7 cm³/mol. The van der Waals surface area contributed by atoms with Gasteiger partial charge in [-0.05, 0) is 32.0 Å². The van der Waals surface area contributed by atoms with Crippen molar-refractivity contribution in [2.24, 2.45) is 0 Å². The summed E-state index contributed by atoms with van der Waals surface area (Å²) in [7, 11) is 0. The zero-order valence-electron chi connectivity index (χ0n) is 11.6. The summed E-state index contributed by atoms with van der Waals surface area (Å²) < 4.78 is 0. The predicted octanol–water partition coefficient (Wildman–Crippen LogP) is 1.68. The topological polar surface area (TPSA) is 108 Å². The first-order valence-electron chi connectivity index (χ1n) is 6.16.